The van der Waals surface area contributed by atoms with Gasteiger partial charge in [-0.3, -0.25) is 0 Å². The maximum absolute atomic E-state index is 11.7. The van der Waals surface area contributed by atoms with Crippen molar-refractivity contribution >= 4 is 0 Å². The lowest BCUT2D eigenvalue weighted by Gasteiger charge is -2.65. The minimum atomic E-state index is -0.345. The summed E-state index contributed by atoms with van der Waals surface area (Å²) in [7, 11) is 0. The molecule has 0 heterocycles. The third-order valence-corrected chi connectivity index (χ3v) is 11.0. The SMILES string of the molecule is C.CC[C@H]1[C@@H](O)[C@@H]2C(C[C@H](O)[C@]3(C)[C@@H]([C@H](C)C[C@H](C)O)CC[C@@H]23)[C@@]2(C)CC[C@@H](O)C[C@@H]12. The van der Waals surface area contributed by atoms with Gasteiger partial charge in [-0.2, -0.15) is 0 Å². The Hall–Kier alpha value is -0.160. The van der Waals surface area contributed by atoms with Crippen molar-refractivity contribution < 1.29 is 20.4 Å². The second-order valence-corrected chi connectivity index (χ2v) is 12.3. The molecule has 0 aromatic heterocycles. The fraction of sp³-hybridized carbons (Fsp3) is 1.00. The molecule has 4 rings (SSSR count). The highest BCUT2D eigenvalue weighted by Gasteiger charge is 2.67. The van der Waals surface area contributed by atoms with Crippen LogP contribution in [-0.2, 0) is 0 Å². The first-order valence-electron chi connectivity index (χ1n) is 12.8. The summed E-state index contributed by atoms with van der Waals surface area (Å²) in [6.07, 6.45) is 6.16. The minimum Gasteiger partial charge on any atom is -0.393 e. The van der Waals surface area contributed by atoms with Gasteiger partial charge in [0.25, 0.3) is 0 Å². The Kier molecular flexibility index (Phi) is 7.30. The minimum absolute atomic E-state index is 0. The van der Waals surface area contributed by atoms with Crippen LogP contribution >= 0.6 is 0 Å². The van der Waals surface area contributed by atoms with Crippen LogP contribution in [0.1, 0.15) is 93.4 Å². The first kappa shape index (κ1) is 25.5. The zero-order valence-corrected chi connectivity index (χ0v) is 19.8. The van der Waals surface area contributed by atoms with Gasteiger partial charge in [-0.1, -0.05) is 41.5 Å². The van der Waals surface area contributed by atoms with E-state index in [4.69, 9.17) is 0 Å². The molecule has 4 aliphatic carbocycles. The van der Waals surface area contributed by atoms with Gasteiger partial charge in [0.05, 0.1) is 24.4 Å². The first-order chi connectivity index (χ1) is 14.1. The molecule has 1 unspecified atom stereocenters. The molecule has 4 heteroatoms. The van der Waals surface area contributed by atoms with Crippen LogP contribution in [0.25, 0.3) is 0 Å². The average Bonchev–Trinajstić information content (AvgIpc) is 3.02. The number of aliphatic hydroxyl groups excluding tert-OH is 4. The quantitative estimate of drug-likeness (QED) is 0.516. The molecule has 13 atom stereocenters. The molecule has 182 valence electrons. The predicted molar refractivity (Wildman–Crippen MR) is 125 cm³/mol. The molecule has 4 N–H and O–H groups in total. The summed E-state index contributed by atoms with van der Waals surface area (Å²) < 4.78 is 0. The summed E-state index contributed by atoms with van der Waals surface area (Å²) in [5, 5.41) is 43.7. The Morgan fingerprint density at radius 3 is 2.23 bits per heavy atom. The molecule has 0 bridgehead atoms. The molecule has 0 aromatic carbocycles. The topological polar surface area (TPSA) is 80.9 Å². The molecule has 31 heavy (non-hydrogen) atoms. The lowest BCUT2D eigenvalue weighted by Crippen LogP contribution is -2.65. The zero-order valence-electron chi connectivity index (χ0n) is 19.8. The van der Waals surface area contributed by atoms with Gasteiger partial charge in [0, 0.05) is 0 Å². The number of hydrogen-bond acceptors (Lipinski definition) is 4. The molecule has 0 spiro atoms. The van der Waals surface area contributed by atoms with Gasteiger partial charge in [0.15, 0.2) is 0 Å². The van der Waals surface area contributed by atoms with Crippen molar-refractivity contribution in [2.45, 2.75) is 118 Å². The lowest BCUT2D eigenvalue weighted by molar-refractivity contribution is -0.228. The Morgan fingerprint density at radius 2 is 1.61 bits per heavy atom. The van der Waals surface area contributed by atoms with Crippen LogP contribution in [0.2, 0.25) is 0 Å². The van der Waals surface area contributed by atoms with Crippen LogP contribution in [0.3, 0.4) is 0 Å². The Bertz CT molecular complexity index is 622. The molecule has 4 fully saturated rings. The van der Waals surface area contributed by atoms with Crippen molar-refractivity contribution in [2.24, 2.45) is 52.3 Å². The standard InChI is InChI=1S/C26H46O4.CH4/c1-6-17-20-12-16(28)9-10-25(20,4)21-13-22(29)26(5)18(14(2)11-15(3)27)7-8-19(26)23(21)24(17)30;/h14-24,27-30H,6-13H2,1-5H3;1H4/t14-,15+,16-,17-,18-,19+,20+,21?,22+,23+,24-,25+,26-;/m1./s1. The highest BCUT2D eigenvalue weighted by Crippen LogP contribution is 2.69. The fourth-order valence-corrected chi connectivity index (χ4v) is 9.59. The van der Waals surface area contributed by atoms with Gasteiger partial charge in [0.1, 0.15) is 0 Å². The highest BCUT2D eigenvalue weighted by molar-refractivity contribution is 5.15. The molecule has 0 aliphatic heterocycles. The molecule has 0 amide bonds. The van der Waals surface area contributed by atoms with Crippen LogP contribution in [-0.4, -0.2) is 44.8 Å². The molecule has 0 aromatic rings. The summed E-state index contributed by atoms with van der Waals surface area (Å²) in [4.78, 5) is 0. The summed E-state index contributed by atoms with van der Waals surface area (Å²) >= 11 is 0. The highest BCUT2D eigenvalue weighted by atomic mass is 16.3. The van der Waals surface area contributed by atoms with Crippen LogP contribution in [0.15, 0.2) is 0 Å². The first-order valence-corrected chi connectivity index (χ1v) is 12.8. The Labute approximate surface area is 190 Å². The summed E-state index contributed by atoms with van der Waals surface area (Å²) in [6, 6.07) is 0. The van der Waals surface area contributed by atoms with Crippen LogP contribution in [0.5, 0.6) is 0 Å². The van der Waals surface area contributed by atoms with Crippen LogP contribution < -0.4 is 0 Å². The van der Waals surface area contributed by atoms with E-state index >= 15 is 0 Å². The van der Waals surface area contributed by atoms with Gasteiger partial charge in [0.2, 0.25) is 0 Å². The average molecular weight is 439 g/mol. The van der Waals surface area contributed by atoms with E-state index in [9.17, 15) is 20.4 Å². The van der Waals surface area contributed by atoms with Crippen molar-refractivity contribution in [2.75, 3.05) is 0 Å². The van der Waals surface area contributed by atoms with Gasteiger partial charge >= 0.3 is 0 Å². The van der Waals surface area contributed by atoms with Crippen molar-refractivity contribution in [3.63, 3.8) is 0 Å². The molecule has 0 radical (unpaired) electrons. The second kappa shape index (κ2) is 8.89. The Balaban J connectivity index is 0.00000272. The molecule has 0 saturated heterocycles. The van der Waals surface area contributed by atoms with Gasteiger partial charge < -0.3 is 20.4 Å². The maximum Gasteiger partial charge on any atom is 0.0605 e. The number of hydrogen-bond donors (Lipinski definition) is 4. The van der Waals surface area contributed by atoms with E-state index in [1.54, 1.807) is 0 Å². The zero-order chi connectivity index (χ0) is 22.0. The smallest absolute Gasteiger partial charge is 0.0605 e. The normalized spacial score (nSPS) is 53.5. The van der Waals surface area contributed by atoms with Crippen molar-refractivity contribution in [3.05, 3.63) is 0 Å². The number of rotatable bonds is 4. The van der Waals surface area contributed by atoms with Gasteiger partial charge in [-0.05, 0) is 104 Å². The van der Waals surface area contributed by atoms with Gasteiger partial charge in [-0.15, -0.1) is 0 Å². The monoisotopic (exact) mass is 438 g/mol. The Morgan fingerprint density at radius 1 is 0.935 bits per heavy atom. The number of aliphatic hydroxyl groups is 4. The van der Waals surface area contributed by atoms with Crippen LogP contribution in [0, 0.1) is 52.3 Å². The predicted octanol–water partition coefficient (Wildman–Crippen LogP) is 4.63. The largest absolute Gasteiger partial charge is 0.393 e. The summed E-state index contributed by atoms with van der Waals surface area (Å²) in [5.41, 5.74) is -0.0679. The van der Waals surface area contributed by atoms with Crippen molar-refractivity contribution in [1.82, 2.24) is 0 Å². The van der Waals surface area contributed by atoms with E-state index in [0.717, 1.165) is 51.4 Å². The maximum atomic E-state index is 11.7. The van der Waals surface area contributed by atoms with E-state index in [1.807, 2.05) is 6.92 Å². The third kappa shape index (κ3) is 3.72. The van der Waals surface area contributed by atoms with E-state index in [0.29, 0.717) is 29.6 Å². The molecular weight excluding hydrogens is 388 g/mol. The van der Waals surface area contributed by atoms with E-state index in [1.165, 1.54) is 0 Å². The summed E-state index contributed by atoms with van der Waals surface area (Å²) in [5.74, 6) is 2.32. The fourth-order valence-electron chi connectivity index (χ4n) is 9.59. The molecule has 4 nitrogen and oxygen atoms in total. The van der Waals surface area contributed by atoms with Crippen LogP contribution in [0.4, 0.5) is 0 Å². The molecule has 4 aliphatic rings. The number of fused-ring (bicyclic) bond motifs is 5. The third-order valence-electron chi connectivity index (χ3n) is 11.0. The van der Waals surface area contributed by atoms with E-state index in [-0.39, 0.29) is 54.5 Å². The molecular formula is C27H50O4. The van der Waals surface area contributed by atoms with E-state index in [2.05, 4.69) is 27.7 Å². The van der Waals surface area contributed by atoms with Crippen molar-refractivity contribution in [3.8, 4) is 0 Å². The lowest BCUT2D eigenvalue weighted by atomic mass is 9.41. The summed E-state index contributed by atoms with van der Waals surface area (Å²) in [6.45, 7) is 11.0. The van der Waals surface area contributed by atoms with Gasteiger partial charge in [-0.25, -0.2) is 0 Å². The van der Waals surface area contributed by atoms with Crippen molar-refractivity contribution in [1.29, 1.82) is 0 Å². The molecule has 4 saturated carbocycles. The van der Waals surface area contributed by atoms with E-state index < -0.39 is 0 Å². The second-order valence-electron chi connectivity index (χ2n) is 12.3.